The predicted molar refractivity (Wildman–Crippen MR) is 75.1 cm³/mol. The highest BCUT2D eigenvalue weighted by atomic mass is 16.2. The van der Waals surface area contributed by atoms with Crippen LogP contribution in [-0.4, -0.2) is 42.0 Å². The number of hydrogen-bond acceptors (Lipinski definition) is 4. The van der Waals surface area contributed by atoms with Crippen molar-refractivity contribution >= 4 is 11.6 Å². The summed E-state index contributed by atoms with van der Waals surface area (Å²) in [5.41, 5.74) is 1.49. The maximum Gasteiger partial charge on any atom is 0.227 e. The van der Waals surface area contributed by atoms with Gasteiger partial charge in [-0.3, -0.25) is 9.78 Å². The van der Waals surface area contributed by atoms with Crippen molar-refractivity contribution in [1.29, 1.82) is 5.26 Å². The Morgan fingerprint density at radius 2 is 2.15 bits per heavy atom. The molecular formula is C15H18N4O. The van der Waals surface area contributed by atoms with Crippen LogP contribution in [0.5, 0.6) is 0 Å². The Balaban J connectivity index is 1.70. The van der Waals surface area contributed by atoms with Crippen molar-refractivity contribution in [1.82, 2.24) is 9.88 Å². The molecule has 3 heterocycles. The summed E-state index contributed by atoms with van der Waals surface area (Å²) in [5, 5.41) is 9.15. The Bertz CT molecular complexity index is 545. The van der Waals surface area contributed by atoms with E-state index >= 15 is 0 Å². The monoisotopic (exact) mass is 270 g/mol. The average Bonchev–Trinajstić information content (AvgIpc) is 3.18. The van der Waals surface area contributed by atoms with Gasteiger partial charge in [-0.25, -0.2) is 0 Å². The van der Waals surface area contributed by atoms with E-state index in [-0.39, 0.29) is 11.8 Å². The van der Waals surface area contributed by atoms with E-state index in [4.69, 9.17) is 5.26 Å². The lowest BCUT2D eigenvalue weighted by molar-refractivity contribution is -0.133. The fourth-order valence-electron chi connectivity index (χ4n) is 3.11. The SMILES string of the molecule is N#Cc1ccncc1N1CCC(C(=O)N2CCCC2)C1. The quantitative estimate of drug-likeness (QED) is 0.815. The topological polar surface area (TPSA) is 60.2 Å². The van der Waals surface area contributed by atoms with Gasteiger partial charge in [0.15, 0.2) is 0 Å². The van der Waals surface area contributed by atoms with Crippen LogP contribution in [0.15, 0.2) is 18.5 Å². The van der Waals surface area contributed by atoms with E-state index in [9.17, 15) is 4.79 Å². The molecule has 1 aromatic rings. The molecule has 0 N–H and O–H groups in total. The van der Waals surface area contributed by atoms with Gasteiger partial charge in [-0.1, -0.05) is 0 Å². The third kappa shape index (κ3) is 2.34. The summed E-state index contributed by atoms with van der Waals surface area (Å²) in [6, 6.07) is 3.92. The maximum absolute atomic E-state index is 12.4. The van der Waals surface area contributed by atoms with E-state index < -0.39 is 0 Å². The minimum absolute atomic E-state index is 0.0693. The molecule has 0 saturated carbocycles. The minimum atomic E-state index is 0.0693. The largest absolute Gasteiger partial charge is 0.368 e. The van der Waals surface area contributed by atoms with Crippen LogP contribution in [0.25, 0.3) is 0 Å². The molecule has 5 nitrogen and oxygen atoms in total. The third-order valence-corrected chi connectivity index (χ3v) is 4.22. The maximum atomic E-state index is 12.4. The summed E-state index contributed by atoms with van der Waals surface area (Å²) in [4.78, 5) is 20.6. The van der Waals surface area contributed by atoms with Crippen molar-refractivity contribution in [3.63, 3.8) is 0 Å². The van der Waals surface area contributed by atoms with Crippen molar-refractivity contribution in [2.45, 2.75) is 19.3 Å². The number of pyridine rings is 1. The lowest BCUT2D eigenvalue weighted by Gasteiger charge is -2.22. The number of nitrogens with zero attached hydrogens (tertiary/aromatic N) is 4. The predicted octanol–water partition coefficient (Wildman–Crippen LogP) is 1.40. The number of carbonyl (C=O) groups excluding carboxylic acids is 1. The molecule has 1 amide bonds. The van der Waals surface area contributed by atoms with Crippen LogP contribution in [0, 0.1) is 17.2 Å². The molecule has 2 aliphatic rings. The molecule has 5 heteroatoms. The van der Waals surface area contributed by atoms with E-state index in [1.807, 2.05) is 4.90 Å². The van der Waals surface area contributed by atoms with Crippen LogP contribution in [0.1, 0.15) is 24.8 Å². The van der Waals surface area contributed by atoms with Gasteiger partial charge in [0.1, 0.15) is 6.07 Å². The normalized spacial score (nSPS) is 22.1. The molecule has 2 fully saturated rings. The number of amides is 1. The highest BCUT2D eigenvalue weighted by Crippen LogP contribution is 2.27. The molecule has 0 aliphatic carbocycles. The van der Waals surface area contributed by atoms with Crippen molar-refractivity contribution < 1.29 is 4.79 Å². The molecule has 0 aromatic carbocycles. The van der Waals surface area contributed by atoms with Gasteiger partial charge < -0.3 is 9.80 Å². The molecule has 20 heavy (non-hydrogen) atoms. The number of nitriles is 1. The Labute approximate surface area is 118 Å². The van der Waals surface area contributed by atoms with Gasteiger partial charge in [-0.05, 0) is 25.3 Å². The van der Waals surface area contributed by atoms with Crippen LogP contribution in [-0.2, 0) is 4.79 Å². The van der Waals surface area contributed by atoms with Crippen LogP contribution >= 0.6 is 0 Å². The number of carbonyl (C=O) groups is 1. The summed E-state index contributed by atoms with van der Waals surface area (Å²) < 4.78 is 0. The Morgan fingerprint density at radius 1 is 1.35 bits per heavy atom. The average molecular weight is 270 g/mol. The Morgan fingerprint density at radius 3 is 2.90 bits per heavy atom. The fourth-order valence-corrected chi connectivity index (χ4v) is 3.11. The number of anilines is 1. The van der Waals surface area contributed by atoms with E-state index in [0.717, 1.165) is 44.6 Å². The number of rotatable bonds is 2. The number of hydrogen-bond donors (Lipinski definition) is 0. The van der Waals surface area contributed by atoms with Gasteiger partial charge in [0, 0.05) is 32.4 Å². The summed E-state index contributed by atoms with van der Waals surface area (Å²) in [6.45, 7) is 3.34. The van der Waals surface area contributed by atoms with Crippen LogP contribution in [0.3, 0.4) is 0 Å². The van der Waals surface area contributed by atoms with Crippen molar-refractivity contribution in [3.8, 4) is 6.07 Å². The summed E-state index contributed by atoms with van der Waals surface area (Å²) in [7, 11) is 0. The number of aromatic nitrogens is 1. The molecule has 1 aromatic heterocycles. The zero-order chi connectivity index (χ0) is 13.9. The minimum Gasteiger partial charge on any atom is -0.368 e. The molecule has 104 valence electrons. The Kier molecular flexibility index (Phi) is 3.55. The van der Waals surface area contributed by atoms with Crippen molar-refractivity contribution in [2.24, 2.45) is 5.92 Å². The van der Waals surface area contributed by atoms with Crippen molar-refractivity contribution in [3.05, 3.63) is 24.0 Å². The molecule has 0 spiro atoms. The van der Waals surface area contributed by atoms with Crippen LogP contribution in [0.2, 0.25) is 0 Å². The molecule has 0 bridgehead atoms. The number of likely N-dealkylation sites (tertiary alicyclic amines) is 1. The van der Waals surface area contributed by atoms with Gasteiger partial charge in [0.05, 0.1) is 23.4 Å². The van der Waals surface area contributed by atoms with E-state index in [1.54, 1.807) is 18.5 Å². The second kappa shape index (κ2) is 5.49. The zero-order valence-corrected chi connectivity index (χ0v) is 11.5. The van der Waals surface area contributed by atoms with Gasteiger partial charge in [0.2, 0.25) is 5.91 Å². The molecule has 1 atom stereocenters. The van der Waals surface area contributed by atoms with Crippen LogP contribution in [0.4, 0.5) is 5.69 Å². The molecule has 1 unspecified atom stereocenters. The molecule has 3 rings (SSSR count). The first kappa shape index (κ1) is 12.9. The van der Waals surface area contributed by atoms with Gasteiger partial charge in [-0.2, -0.15) is 5.26 Å². The first-order valence-corrected chi connectivity index (χ1v) is 7.17. The highest BCUT2D eigenvalue weighted by molar-refractivity contribution is 5.80. The highest BCUT2D eigenvalue weighted by Gasteiger charge is 2.33. The third-order valence-electron chi connectivity index (χ3n) is 4.22. The summed E-state index contributed by atoms with van der Waals surface area (Å²) >= 11 is 0. The lowest BCUT2D eigenvalue weighted by atomic mass is 10.1. The standard InChI is InChI=1S/C15H18N4O/c16-9-12-3-5-17-10-14(12)19-8-4-13(11-19)15(20)18-6-1-2-7-18/h3,5,10,13H,1-2,4,6-8,11H2. The summed E-state index contributed by atoms with van der Waals surface area (Å²) in [6.07, 6.45) is 6.48. The van der Waals surface area contributed by atoms with Gasteiger partial charge >= 0.3 is 0 Å². The first-order chi connectivity index (χ1) is 9.79. The van der Waals surface area contributed by atoms with Gasteiger partial charge in [-0.15, -0.1) is 0 Å². The van der Waals surface area contributed by atoms with Gasteiger partial charge in [0.25, 0.3) is 0 Å². The van der Waals surface area contributed by atoms with E-state index in [2.05, 4.69) is 16.0 Å². The molecule has 0 radical (unpaired) electrons. The van der Waals surface area contributed by atoms with E-state index in [0.29, 0.717) is 12.1 Å². The smallest absolute Gasteiger partial charge is 0.227 e. The first-order valence-electron chi connectivity index (χ1n) is 7.17. The second-order valence-corrected chi connectivity index (χ2v) is 5.47. The molecular weight excluding hydrogens is 252 g/mol. The summed E-state index contributed by atoms with van der Waals surface area (Å²) in [5.74, 6) is 0.354. The molecule has 2 saturated heterocycles. The fraction of sp³-hybridized carbons (Fsp3) is 0.533. The molecule has 2 aliphatic heterocycles. The Hall–Kier alpha value is -2.09. The lowest BCUT2D eigenvalue weighted by Crippen LogP contribution is -2.35. The van der Waals surface area contributed by atoms with Crippen molar-refractivity contribution in [2.75, 3.05) is 31.1 Å². The van der Waals surface area contributed by atoms with E-state index in [1.165, 1.54) is 0 Å². The second-order valence-electron chi connectivity index (χ2n) is 5.47. The van der Waals surface area contributed by atoms with Crippen LogP contribution < -0.4 is 4.90 Å². The zero-order valence-electron chi connectivity index (χ0n) is 11.5.